The molecule has 102 valence electrons. The van der Waals surface area contributed by atoms with E-state index in [1.165, 1.54) is 9.75 Å². The number of aryl methyl sites for hydroxylation is 1. The van der Waals surface area contributed by atoms with Crippen LogP contribution < -0.4 is 10.6 Å². The van der Waals surface area contributed by atoms with Crippen LogP contribution in [0.2, 0.25) is 0 Å². The summed E-state index contributed by atoms with van der Waals surface area (Å²) in [5.74, 6) is 1.80. The minimum absolute atomic E-state index is 0.814. The molecular weight excluding hydrogens is 256 g/mol. The second kappa shape index (κ2) is 6.52. The summed E-state index contributed by atoms with van der Waals surface area (Å²) in [6.07, 6.45) is 2.70. The van der Waals surface area contributed by atoms with Crippen molar-refractivity contribution in [1.82, 2.24) is 9.97 Å². The van der Waals surface area contributed by atoms with Gasteiger partial charge in [0.15, 0.2) is 0 Å². The molecule has 0 fully saturated rings. The molecule has 0 unspecified atom stereocenters. The van der Waals surface area contributed by atoms with Gasteiger partial charge in [-0.05, 0) is 32.4 Å². The standard InChI is InChI=1S/C14H20N4S/c1-4-11-6-7-12(19-11)8-16-14-10(3)13(15-5-2)17-9-18-14/h6-7,9H,4-5,8H2,1-3H3,(H2,15,16,17,18). The van der Waals surface area contributed by atoms with Crippen LogP contribution in [0.25, 0.3) is 0 Å². The molecule has 0 amide bonds. The topological polar surface area (TPSA) is 49.8 Å². The molecule has 0 aliphatic rings. The highest BCUT2D eigenvalue weighted by Gasteiger charge is 2.06. The molecule has 0 aromatic carbocycles. The van der Waals surface area contributed by atoms with Crippen molar-refractivity contribution in [3.63, 3.8) is 0 Å². The Morgan fingerprint density at radius 3 is 2.37 bits per heavy atom. The van der Waals surface area contributed by atoms with E-state index in [1.54, 1.807) is 6.33 Å². The minimum atomic E-state index is 0.814. The third-order valence-electron chi connectivity index (χ3n) is 2.92. The molecule has 2 rings (SSSR count). The maximum atomic E-state index is 4.31. The normalized spacial score (nSPS) is 10.5. The number of hydrogen-bond donors (Lipinski definition) is 2. The summed E-state index contributed by atoms with van der Waals surface area (Å²) in [5, 5.41) is 6.62. The van der Waals surface area contributed by atoms with Crippen LogP contribution in [0.5, 0.6) is 0 Å². The second-order valence-corrected chi connectivity index (χ2v) is 5.55. The van der Waals surface area contributed by atoms with Crippen LogP contribution in [0, 0.1) is 6.92 Å². The van der Waals surface area contributed by atoms with E-state index in [1.807, 2.05) is 18.3 Å². The Labute approximate surface area is 118 Å². The molecule has 0 spiro atoms. The van der Waals surface area contributed by atoms with E-state index in [0.717, 1.165) is 36.7 Å². The summed E-state index contributed by atoms with van der Waals surface area (Å²) in [7, 11) is 0. The Bertz CT molecular complexity index is 536. The number of rotatable bonds is 6. The molecule has 2 aromatic heterocycles. The first-order valence-electron chi connectivity index (χ1n) is 6.61. The van der Waals surface area contributed by atoms with Crippen molar-refractivity contribution in [1.29, 1.82) is 0 Å². The summed E-state index contributed by atoms with van der Waals surface area (Å²) in [6, 6.07) is 4.37. The maximum Gasteiger partial charge on any atom is 0.134 e. The SMILES string of the molecule is CCNc1ncnc(NCc2ccc(CC)s2)c1C. The fourth-order valence-electron chi connectivity index (χ4n) is 1.85. The minimum Gasteiger partial charge on any atom is -0.370 e. The van der Waals surface area contributed by atoms with Crippen LogP contribution >= 0.6 is 11.3 Å². The van der Waals surface area contributed by atoms with Crippen molar-refractivity contribution in [3.8, 4) is 0 Å². The molecule has 0 aliphatic carbocycles. The lowest BCUT2D eigenvalue weighted by molar-refractivity contribution is 1.05. The molecule has 0 saturated heterocycles. The summed E-state index contributed by atoms with van der Waals surface area (Å²) in [4.78, 5) is 11.3. The van der Waals surface area contributed by atoms with Gasteiger partial charge in [0.1, 0.15) is 18.0 Å². The van der Waals surface area contributed by atoms with Gasteiger partial charge in [-0.1, -0.05) is 6.92 Å². The number of nitrogens with zero attached hydrogens (tertiary/aromatic N) is 2. The van der Waals surface area contributed by atoms with Crippen molar-refractivity contribution in [2.24, 2.45) is 0 Å². The predicted molar refractivity (Wildman–Crippen MR) is 82.0 cm³/mol. The Balaban J connectivity index is 2.04. The highest BCUT2D eigenvalue weighted by Crippen LogP contribution is 2.21. The molecule has 2 heterocycles. The Morgan fingerprint density at radius 1 is 1.05 bits per heavy atom. The Hall–Kier alpha value is -1.62. The zero-order valence-corrected chi connectivity index (χ0v) is 12.5. The first-order chi connectivity index (χ1) is 9.24. The van der Waals surface area contributed by atoms with Crippen LogP contribution in [-0.4, -0.2) is 16.5 Å². The lowest BCUT2D eigenvalue weighted by atomic mass is 10.3. The molecule has 19 heavy (non-hydrogen) atoms. The second-order valence-electron chi connectivity index (χ2n) is 4.30. The van der Waals surface area contributed by atoms with Gasteiger partial charge in [-0.15, -0.1) is 11.3 Å². The third-order valence-corrected chi connectivity index (χ3v) is 4.15. The molecule has 0 atom stereocenters. The zero-order valence-electron chi connectivity index (χ0n) is 11.7. The van der Waals surface area contributed by atoms with E-state index in [-0.39, 0.29) is 0 Å². The first kappa shape index (κ1) is 13.8. The quantitative estimate of drug-likeness (QED) is 0.848. The largest absolute Gasteiger partial charge is 0.370 e. The number of hydrogen-bond acceptors (Lipinski definition) is 5. The Morgan fingerprint density at radius 2 is 1.74 bits per heavy atom. The summed E-state index contributed by atoms with van der Waals surface area (Å²) < 4.78 is 0. The van der Waals surface area contributed by atoms with E-state index in [9.17, 15) is 0 Å². The van der Waals surface area contributed by atoms with Crippen LogP contribution in [-0.2, 0) is 13.0 Å². The average molecular weight is 276 g/mol. The molecule has 4 nitrogen and oxygen atoms in total. The van der Waals surface area contributed by atoms with Gasteiger partial charge in [0, 0.05) is 21.9 Å². The van der Waals surface area contributed by atoms with Gasteiger partial charge in [-0.3, -0.25) is 0 Å². The van der Waals surface area contributed by atoms with Gasteiger partial charge in [0.2, 0.25) is 0 Å². The molecule has 0 bridgehead atoms. The summed E-state index contributed by atoms with van der Waals surface area (Å²) in [6.45, 7) is 7.95. The number of anilines is 2. The van der Waals surface area contributed by atoms with Gasteiger partial charge in [0.25, 0.3) is 0 Å². The number of nitrogens with one attached hydrogen (secondary N) is 2. The third kappa shape index (κ3) is 3.44. The highest BCUT2D eigenvalue weighted by molar-refractivity contribution is 7.12. The van der Waals surface area contributed by atoms with Crippen LogP contribution in [0.15, 0.2) is 18.5 Å². The van der Waals surface area contributed by atoms with Gasteiger partial charge in [0.05, 0.1) is 6.54 Å². The lowest BCUT2D eigenvalue weighted by Gasteiger charge is -2.11. The first-order valence-corrected chi connectivity index (χ1v) is 7.43. The predicted octanol–water partition coefficient (Wildman–Crippen LogP) is 3.45. The molecule has 2 aromatic rings. The van der Waals surface area contributed by atoms with Gasteiger partial charge >= 0.3 is 0 Å². The average Bonchev–Trinajstić information content (AvgIpc) is 2.88. The van der Waals surface area contributed by atoms with Gasteiger partial charge < -0.3 is 10.6 Å². The highest BCUT2D eigenvalue weighted by atomic mass is 32.1. The fourth-order valence-corrected chi connectivity index (χ4v) is 2.75. The molecule has 2 N–H and O–H groups in total. The van der Waals surface area contributed by atoms with Crippen molar-refractivity contribution in [2.75, 3.05) is 17.2 Å². The van der Waals surface area contributed by atoms with Crippen molar-refractivity contribution in [2.45, 2.75) is 33.7 Å². The molecule has 0 aliphatic heterocycles. The zero-order chi connectivity index (χ0) is 13.7. The van der Waals surface area contributed by atoms with E-state index >= 15 is 0 Å². The Kier molecular flexibility index (Phi) is 4.74. The molecule has 0 saturated carbocycles. The number of thiophene rings is 1. The van der Waals surface area contributed by atoms with Crippen molar-refractivity contribution >= 4 is 23.0 Å². The summed E-state index contributed by atoms with van der Waals surface area (Å²) >= 11 is 1.85. The van der Waals surface area contributed by atoms with Gasteiger partial charge in [-0.25, -0.2) is 9.97 Å². The van der Waals surface area contributed by atoms with Crippen LogP contribution in [0.4, 0.5) is 11.6 Å². The van der Waals surface area contributed by atoms with Crippen LogP contribution in [0.3, 0.4) is 0 Å². The molecular formula is C14H20N4S. The lowest BCUT2D eigenvalue weighted by Crippen LogP contribution is -2.07. The number of aromatic nitrogens is 2. The van der Waals surface area contributed by atoms with Gasteiger partial charge in [-0.2, -0.15) is 0 Å². The molecule has 5 heteroatoms. The summed E-state index contributed by atoms with van der Waals surface area (Å²) in [5.41, 5.74) is 1.07. The maximum absolute atomic E-state index is 4.31. The van der Waals surface area contributed by atoms with Crippen LogP contribution in [0.1, 0.15) is 29.2 Å². The van der Waals surface area contributed by atoms with Crippen molar-refractivity contribution in [3.05, 3.63) is 33.8 Å². The smallest absolute Gasteiger partial charge is 0.134 e. The van der Waals surface area contributed by atoms with E-state index < -0.39 is 0 Å². The van der Waals surface area contributed by atoms with E-state index in [0.29, 0.717) is 0 Å². The van der Waals surface area contributed by atoms with Crippen molar-refractivity contribution < 1.29 is 0 Å². The monoisotopic (exact) mass is 276 g/mol. The van der Waals surface area contributed by atoms with E-state index in [2.05, 4.69) is 46.6 Å². The van der Waals surface area contributed by atoms with E-state index in [4.69, 9.17) is 0 Å². The molecule has 0 radical (unpaired) electrons. The fraction of sp³-hybridized carbons (Fsp3) is 0.429.